The Labute approximate surface area is 155 Å². The van der Waals surface area contributed by atoms with Crippen molar-refractivity contribution in [3.63, 3.8) is 0 Å². The standard InChI is InChI=1S/C13H18ClN5O3S2/c1-2-22-7-3-6-15-12(23)17-18-13(24)16-11-8-9(19(20)21)4-5-10(11)14/h4-5,8H,2-3,6-7H2,1H3,(H2,15,17,23)(H2,16,18,24). The van der Waals surface area contributed by atoms with Crippen LogP contribution in [0.2, 0.25) is 5.02 Å². The smallest absolute Gasteiger partial charge is 0.271 e. The molecule has 1 aromatic rings. The van der Waals surface area contributed by atoms with Crippen LogP contribution < -0.4 is 21.5 Å². The fraction of sp³-hybridized carbons (Fsp3) is 0.385. The Hall–Kier alpha value is -1.75. The molecule has 0 bridgehead atoms. The predicted octanol–water partition coefficient (Wildman–Crippen LogP) is 2.34. The first kappa shape index (κ1) is 20.3. The van der Waals surface area contributed by atoms with Crippen molar-refractivity contribution in [1.29, 1.82) is 0 Å². The second-order valence-electron chi connectivity index (χ2n) is 4.43. The van der Waals surface area contributed by atoms with Crippen LogP contribution in [0.1, 0.15) is 13.3 Å². The van der Waals surface area contributed by atoms with Crippen molar-refractivity contribution in [1.82, 2.24) is 16.2 Å². The molecule has 0 aliphatic heterocycles. The number of benzene rings is 1. The number of hydrogen-bond donors (Lipinski definition) is 4. The molecule has 0 saturated heterocycles. The molecule has 4 N–H and O–H groups in total. The number of rotatable bonds is 7. The largest absolute Gasteiger partial charge is 0.382 e. The molecule has 0 fully saturated rings. The molecule has 0 aromatic heterocycles. The quantitative estimate of drug-likeness (QED) is 0.241. The lowest BCUT2D eigenvalue weighted by atomic mass is 10.3. The van der Waals surface area contributed by atoms with E-state index in [0.717, 1.165) is 6.42 Å². The van der Waals surface area contributed by atoms with Gasteiger partial charge in [-0.3, -0.25) is 21.0 Å². The maximum Gasteiger partial charge on any atom is 0.271 e. The maximum atomic E-state index is 10.8. The van der Waals surface area contributed by atoms with Gasteiger partial charge in [-0.1, -0.05) is 11.6 Å². The van der Waals surface area contributed by atoms with Crippen LogP contribution in [-0.4, -0.2) is 34.9 Å². The summed E-state index contributed by atoms with van der Waals surface area (Å²) in [5, 5.41) is 17.3. The van der Waals surface area contributed by atoms with E-state index in [4.69, 9.17) is 40.8 Å². The number of non-ortho nitro benzene ring substituents is 1. The van der Waals surface area contributed by atoms with E-state index in [1.807, 2.05) is 6.92 Å². The first-order valence-electron chi connectivity index (χ1n) is 7.06. The Morgan fingerprint density at radius 1 is 1.33 bits per heavy atom. The van der Waals surface area contributed by atoms with Gasteiger partial charge in [0.1, 0.15) is 0 Å². The van der Waals surface area contributed by atoms with Gasteiger partial charge in [0, 0.05) is 31.9 Å². The number of ether oxygens (including phenoxy) is 1. The molecular weight excluding hydrogens is 374 g/mol. The van der Waals surface area contributed by atoms with Crippen LogP contribution in [0.3, 0.4) is 0 Å². The van der Waals surface area contributed by atoms with Crippen molar-refractivity contribution >= 4 is 57.6 Å². The number of hydrazine groups is 1. The van der Waals surface area contributed by atoms with Gasteiger partial charge in [0.2, 0.25) is 0 Å². The molecule has 1 rings (SSSR count). The van der Waals surface area contributed by atoms with Crippen molar-refractivity contribution in [2.24, 2.45) is 0 Å². The fourth-order valence-corrected chi connectivity index (χ4v) is 2.03. The number of halogens is 1. The average Bonchev–Trinajstić information content (AvgIpc) is 2.54. The van der Waals surface area contributed by atoms with Gasteiger partial charge >= 0.3 is 0 Å². The maximum absolute atomic E-state index is 10.8. The van der Waals surface area contributed by atoms with Gasteiger partial charge in [-0.2, -0.15) is 0 Å². The van der Waals surface area contributed by atoms with E-state index < -0.39 is 4.92 Å². The third-order valence-corrected chi connectivity index (χ3v) is 3.43. The second-order valence-corrected chi connectivity index (χ2v) is 5.66. The van der Waals surface area contributed by atoms with Crippen LogP contribution in [-0.2, 0) is 4.74 Å². The Morgan fingerprint density at radius 2 is 2.04 bits per heavy atom. The minimum atomic E-state index is -0.516. The van der Waals surface area contributed by atoms with Gasteiger partial charge in [0.25, 0.3) is 5.69 Å². The van der Waals surface area contributed by atoms with Crippen molar-refractivity contribution < 1.29 is 9.66 Å². The molecule has 8 nitrogen and oxygen atoms in total. The molecule has 11 heteroatoms. The normalized spacial score (nSPS) is 9.92. The number of nitrogens with zero attached hydrogens (tertiary/aromatic N) is 1. The molecule has 0 heterocycles. The third kappa shape index (κ3) is 7.68. The molecule has 132 valence electrons. The summed E-state index contributed by atoms with van der Waals surface area (Å²) in [5.74, 6) is 0. The highest BCUT2D eigenvalue weighted by Gasteiger charge is 2.10. The molecule has 0 radical (unpaired) electrons. The van der Waals surface area contributed by atoms with Crippen LogP contribution in [0.25, 0.3) is 0 Å². The Kier molecular flexibility index (Phi) is 9.23. The lowest BCUT2D eigenvalue weighted by Crippen LogP contribution is -2.48. The van der Waals surface area contributed by atoms with Gasteiger partial charge in [-0.15, -0.1) is 0 Å². The molecule has 0 spiro atoms. The lowest BCUT2D eigenvalue weighted by molar-refractivity contribution is -0.384. The third-order valence-electron chi connectivity index (χ3n) is 2.65. The Morgan fingerprint density at radius 3 is 2.71 bits per heavy atom. The van der Waals surface area contributed by atoms with Gasteiger partial charge in [0.05, 0.1) is 15.6 Å². The van der Waals surface area contributed by atoms with E-state index in [-0.39, 0.29) is 10.8 Å². The first-order chi connectivity index (χ1) is 11.4. The van der Waals surface area contributed by atoms with Crippen LogP contribution in [0, 0.1) is 10.1 Å². The van der Waals surface area contributed by atoms with Gasteiger partial charge < -0.3 is 15.4 Å². The zero-order valence-electron chi connectivity index (χ0n) is 12.9. The van der Waals surface area contributed by atoms with Crippen LogP contribution in [0.15, 0.2) is 18.2 Å². The second kappa shape index (κ2) is 10.9. The van der Waals surface area contributed by atoms with Crippen molar-refractivity contribution in [2.45, 2.75) is 13.3 Å². The number of thiocarbonyl (C=S) groups is 2. The molecule has 24 heavy (non-hydrogen) atoms. The molecule has 0 atom stereocenters. The minimum Gasteiger partial charge on any atom is -0.382 e. The predicted molar refractivity (Wildman–Crippen MR) is 102 cm³/mol. The number of hydrogen-bond acceptors (Lipinski definition) is 5. The topological polar surface area (TPSA) is 100 Å². The lowest BCUT2D eigenvalue weighted by Gasteiger charge is -2.14. The van der Waals surface area contributed by atoms with E-state index in [1.54, 1.807) is 0 Å². The number of nitrogens with one attached hydrogen (secondary N) is 4. The number of nitro benzene ring substituents is 1. The van der Waals surface area contributed by atoms with E-state index in [2.05, 4.69) is 21.5 Å². The van der Waals surface area contributed by atoms with E-state index in [0.29, 0.717) is 35.6 Å². The molecule has 0 aliphatic rings. The molecule has 1 aromatic carbocycles. The summed E-state index contributed by atoms with van der Waals surface area (Å²) in [5.41, 5.74) is 5.59. The first-order valence-corrected chi connectivity index (χ1v) is 8.26. The summed E-state index contributed by atoms with van der Waals surface area (Å²) in [6, 6.07) is 4.02. The zero-order chi connectivity index (χ0) is 17.9. The van der Waals surface area contributed by atoms with Crippen molar-refractivity contribution in [3.05, 3.63) is 33.3 Å². The van der Waals surface area contributed by atoms with Gasteiger partial charge in [-0.25, -0.2) is 0 Å². The molecular formula is C13H18ClN5O3S2. The van der Waals surface area contributed by atoms with Gasteiger partial charge in [0.15, 0.2) is 10.2 Å². The molecule has 0 unspecified atom stereocenters. The highest BCUT2D eigenvalue weighted by molar-refractivity contribution is 7.80. The van der Waals surface area contributed by atoms with Crippen molar-refractivity contribution in [2.75, 3.05) is 25.1 Å². The monoisotopic (exact) mass is 391 g/mol. The highest BCUT2D eigenvalue weighted by atomic mass is 35.5. The summed E-state index contributed by atoms with van der Waals surface area (Å²) in [6.07, 6.45) is 0.821. The van der Waals surface area contributed by atoms with Crippen LogP contribution in [0.4, 0.5) is 11.4 Å². The molecule has 0 amide bonds. The number of nitro groups is 1. The summed E-state index contributed by atoms with van der Waals surface area (Å²) in [7, 11) is 0. The Balaban J connectivity index is 2.37. The highest BCUT2D eigenvalue weighted by Crippen LogP contribution is 2.26. The summed E-state index contributed by atoms with van der Waals surface area (Å²) in [4.78, 5) is 10.3. The SMILES string of the molecule is CCOCCCNC(=S)NNC(=S)Nc1cc([N+](=O)[O-])ccc1Cl. The van der Waals surface area contributed by atoms with E-state index >= 15 is 0 Å². The van der Waals surface area contributed by atoms with Crippen molar-refractivity contribution in [3.8, 4) is 0 Å². The molecule has 0 aliphatic carbocycles. The zero-order valence-corrected chi connectivity index (χ0v) is 15.3. The van der Waals surface area contributed by atoms with Crippen LogP contribution >= 0.6 is 36.0 Å². The van der Waals surface area contributed by atoms with Crippen LogP contribution in [0.5, 0.6) is 0 Å². The van der Waals surface area contributed by atoms with E-state index in [1.165, 1.54) is 18.2 Å². The fourth-order valence-electron chi connectivity index (χ4n) is 1.55. The average molecular weight is 392 g/mol. The van der Waals surface area contributed by atoms with Gasteiger partial charge in [-0.05, 0) is 43.8 Å². The molecule has 0 saturated carbocycles. The Bertz CT molecular complexity index is 603. The summed E-state index contributed by atoms with van der Waals surface area (Å²) >= 11 is 16.1. The minimum absolute atomic E-state index is 0.0934. The summed E-state index contributed by atoms with van der Waals surface area (Å²) < 4.78 is 5.21. The van der Waals surface area contributed by atoms with E-state index in [9.17, 15) is 10.1 Å². The summed E-state index contributed by atoms with van der Waals surface area (Å²) in [6.45, 7) is 3.94. The number of anilines is 1.